The van der Waals surface area contributed by atoms with Crippen molar-refractivity contribution >= 4 is 29.0 Å². The van der Waals surface area contributed by atoms with Crippen LogP contribution < -0.4 is 25.4 Å². The van der Waals surface area contributed by atoms with E-state index in [1.807, 2.05) is 0 Å². The molecule has 0 aliphatic rings. The third-order valence-electron chi connectivity index (χ3n) is 3.12. The van der Waals surface area contributed by atoms with E-state index in [1.165, 1.54) is 14.0 Å². The molecular formula is C17H19N3O4. The van der Waals surface area contributed by atoms with Crippen molar-refractivity contribution in [1.82, 2.24) is 0 Å². The zero-order valence-corrected chi connectivity index (χ0v) is 13.7. The Kier molecular flexibility index (Phi) is 5.62. The van der Waals surface area contributed by atoms with Gasteiger partial charge < -0.3 is 25.4 Å². The molecule has 2 aromatic carbocycles. The van der Waals surface area contributed by atoms with Gasteiger partial charge in [0.1, 0.15) is 11.5 Å². The highest BCUT2D eigenvalue weighted by atomic mass is 16.5. The van der Waals surface area contributed by atoms with Crippen LogP contribution >= 0.6 is 0 Å². The van der Waals surface area contributed by atoms with E-state index < -0.39 is 6.03 Å². The predicted molar refractivity (Wildman–Crippen MR) is 92.9 cm³/mol. The molecule has 0 atom stereocenters. The van der Waals surface area contributed by atoms with E-state index in [-0.39, 0.29) is 5.91 Å². The van der Waals surface area contributed by atoms with Gasteiger partial charge >= 0.3 is 6.03 Å². The van der Waals surface area contributed by atoms with Crippen molar-refractivity contribution in [1.29, 1.82) is 0 Å². The van der Waals surface area contributed by atoms with Crippen molar-refractivity contribution in [3.05, 3.63) is 42.5 Å². The lowest BCUT2D eigenvalue weighted by Crippen LogP contribution is -2.19. The third-order valence-corrected chi connectivity index (χ3v) is 3.12. The van der Waals surface area contributed by atoms with Crippen molar-refractivity contribution in [2.24, 2.45) is 0 Å². The topological polar surface area (TPSA) is 88.7 Å². The number of carbonyl (C=O) groups is 2. The maximum Gasteiger partial charge on any atom is 0.323 e. The molecule has 126 valence electrons. The molecule has 7 heteroatoms. The first kappa shape index (κ1) is 17.1. The van der Waals surface area contributed by atoms with Gasteiger partial charge in [0, 0.05) is 24.4 Å². The van der Waals surface area contributed by atoms with Crippen molar-refractivity contribution in [2.75, 3.05) is 30.2 Å². The number of amides is 3. The summed E-state index contributed by atoms with van der Waals surface area (Å²) in [5, 5.41) is 8.06. The number of hydrogen-bond donors (Lipinski definition) is 3. The number of anilines is 3. The Morgan fingerprint density at radius 3 is 2.00 bits per heavy atom. The largest absolute Gasteiger partial charge is 0.497 e. The predicted octanol–water partition coefficient (Wildman–Crippen LogP) is 3.31. The lowest BCUT2D eigenvalue weighted by molar-refractivity contribution is -0.114. The lowest BCUT2D eigenvalue weighted by Gasteiger charge is -2.12. The molecule has 7 nitrogen and oxygen atoms in total. The summed E-state index contributed by atoms with van der Waals surface area (Å²) in [7, 11) is 3.07. The molecule has 0 heterocycles. The molecule has 0 saturated heterocycles. The highest BCUT2D eigenvalue weighted by molar-refractivity contribution is 6.01. The summed E-state index contributed by atoms with van der Waals surface area (Å²) in [6, 6.07) is 11.5. The van der Waals surface area contributed by atoms with Gasteiger partial charge in [-0.25, -0.2) is 4.79 Å². The smallest absolute Gasteiger partial charge is 0.323 e. The minimum atomic E-state index is -0.411. The number of carbonyl (C=O) groups excluding carboxylic acids is 2. The number of ether oxygens (including phenoxy) is 2. The fraction of sp³-hybridized carbons (Fsp3) is 0.176. The molecule has 0 aliphatic heterocycles. The van der Waals surface area contributed by atoms with E-state index in [9.17, 15) is 9.59 Å². The molecule has 0 fully saturated rings. The Morgan fingerprint density at radius 2 is 1.46 bits per heavy atom. The number of benzene rings is 2. The van der Waals surface area contributed by atoms with Gasteiger partial charge in [-0.05, 0) is 36.4 Å². The highest BCUT2D eigenvalue weighted by Crippen LogP contribution is 2.29. The molecule has 0 aliphatic carbocycles. The van der Waals surface area contributed by atoms with Crippen LogP contribution in [-0.4, -0.2) is 26.2 Å². The van der Waals surface area contributed by atoms with E-state index in [0.29, 0.717) is 28.6 Å². The summed E-state index contributed by atoms with van der Waals surface area (Å²) in [4.78, 5) is 23.1. The first-order chi connectivity index (χ1) is 11.5. The maximum atomic E-state index is 12.1. The molecule has 0 saturated carbocycles. The van der Waals surface area contributed by atoms with Crippen LogP contribution in [0.5, 0.6) is 11.5 Å². The highest BCUT2D eigenvalue weighted by Gasteiger charge is 2.09. The van der Waals surface area contributed by atoms with E-state index in [0.717, 1.165) is 0 Å². The average molecular weight is 329 g/mol. The molecule has 0 bridgehead atoms. The average Bonchev–Trinajstić information content (AvgIpc) is 2.56. The zero-order valence-electron chi connectivity index (χ0n) is 13.7. The summed E-state index contributed by atoms with van der Waals surface area (Å²) in [5.74, 6) is 0.969. The van der Waals surface area contributed by atoms with Crippen LogP contribution in [0, 0.1) is 0 Å². The van der Waals surface area contributed by atoms with E-state index in [4.69, 9.17) is 9.47 Å². The molecule has 0 unspecified atom stereocenters. The van der Waals surface area contributed by atoms with Crippen LogP contribution in [0.4, 0.5) is 21.9 Å². The van der Waals surface area contributed by atoms with Crippen molar-refractivity contribution in [3.8, 4) is 11.5 Å². The lowest BCUT2D eigenvalue weighted by atomic mass is 10.2. The Balaban J connectivity index is 2.01. The van der Waals surface area contributed by atoms with Crippen LogP contribution in [0.15, 0.2) is 42.5 Å². The molecule has 3 amide bonds. The van der Waals surface area contributed by atoms with Gasteiger partial charge in [-0.1, -0.05) is 0 Å². The van der Waals surface area contributed by atoms with Gasteiger partial charge in [0.05, 0.1) is 19.9 Å². The van der Waals surface area contributed by atoms with E-state index >= 15 is 0 Å². The summed E-state index contributed by atoms with van der Waals surface area (Å²) in [6.07, 6.45) is 0. The van der Waals surface area contributed by atoms with Gasteiger partial charge in [0.2, 0.25) is 5.91 Å². The normalized spacial score (nSPS) is 9.79. The first-order valence-corrected chi connectivity index (χ1v) is 7.19. The summed E-state index contributed by atoms with van der Waals surface area (Å²) in [5.41, 5.74) is 1.77. The Hall–Kier alpha value is -3.22. The number of rotatable bonds is 5. The minimum Gasteiger partial charge on any atom is -0.497 e. The minimum absolute atomic E-state index is 0.153. The Morgan fingerprint density at radius 1 is 0.833 bits per heavy atom. The van der Waals surface area contributed by atoms with Gasteiger partial charge in [0.15, 0.2) is 0 Å². The molecular weight excluding hydrogens is 310 g/mol. The van der Waals surface area contributed by atoms with Gasteiger partial charge in [-0.15, -0.1) is 0 Å². The molecule has 0 spiro atoms. The summed E-state index contributed by atoms with van der Waals surface area (Å²) < 4.78 is 10.3. The maximum absolute atomic E-state index is 12.1. The van der Waals surface area contributed by atoms with Crippen LogP contribution in [0.2, 0.25) is 0 Å². The number of hydrogen-bond acceptors (Lipinski definition) is 4. The van der Waals surface area contributed by atoms with Crippen molar-refractivity contribution < 1.29 is 19.1 Å². The number of urea groups is 1. The standard InChI is InChI=1S/C17H19N3O4/c1-11(21)18-12-4-6-13(7-5-12)19-17(22)20-15-9-8-14(23-2)10-16(15)24-3/h4-10H,1-3H3,(H,18,21)(H2,19,20,22). The van der Waals surface area contributed by atoms with Crippen molar-refractivity contribution in [2.45, 2.75) is 6.92 Å². The SMILES string of the molecule is COc1ccc(NC(=O)Nc2ccc(NC(C)=O)cc2)c(OC)c1. The Bertz CT molecular complexity index is 729. The van der Waals surface area contributed by atoms with Crippen molar-refractivity contribution in [3.63, 3.8) is 0 Å². The quantitative estimate of drug-likeness (QED) is 0.785. The molecule has 0 radical (unpaired) electrons. The monoisotopic (exact) mass is 329 g/mol. The fourth-order valence-electron chi connectivity index (χ4n) is 2.03. The van der Waals surface area contributed by atoms with Gasteiger partial charge in [-0.2, -0.15) is 0 Å². The van der Waals surface area contributed by atoms with Crippen LogP contribution in [0.3, 0.4) is 0 Å². The second-order valence-electron chi connectivity index (χ2n) is 4.90. The molecule has 24 heavy (non-hydrogen) atoms. The third kappa shape index (κ3) is 4.64. The van der Waals surface area contributed by atoms with Crippen LogP contribution in [-0.2, 0) is 4.79 Å². The molecule has 2 aromatic rings. The fourth-order valence-corrected chi connectivity index (χ4v) is 2.03. The second kappa shape index (κ2) is 7.87. The first-order valence-electron chi connectivity index (χ1n) is 7.19. The van der Waals surface area contributed by atoms with Gasteiger partial charge in [-0.3, -0.25) is 4.79 Å². The zero-order chi connectivity index (χ0) is 17.5. The van der Waals surface area contributed by atoms with Crippen LogP contribution in [0.1, 0.15) is 6.92 Å². The number of nitrogens with one attached hydrogen (secondary N) is 3. The van der Waals surface area contributed by atoms with E-state index in [1.54, 1.807) is 49.6 Å². The molecule has 2 rings (SSSR count). The number of methoxy groups -OCH3 is 2. The molecule has 3 N–H and O–H groups in total. The van der Waals surface area contributed by atoms with E-state index in [2.05, 4.69) is 16.0 Å². The summed E-state index contributed by atoms with van der Waals surface area (Å²) in [6.45, 7) is 1.43. The Labute approximate surface area is 140 Å². The summed E-state index contributed by atoms with van der Waals surface area (Å²) >= 11 is 0. The van der Waals surface area contributed by atoms with Crippen LogP contribution in [0.25, 0.3) is 0 Å². The second-order valence-corrected chi connectivity index (χ2v) is 4.90. The molecule has 0 aromatic heterocycles. The van der Waals surface area contributed by atoms with Gasteiger partial charge in [0.25, 0.3) is 0 Å².